The summed E-state index contributed by atoms with van der Waals surface area (Å²) in [4.78, 5) is 12.0. The van der Waals surface area contributed by atoms with Crippen molar-refractivity contribution >= 4 is 6.29 Å². The number of carbonyl (C=O) groups is 1. The highest BCUT2D eigenvalue weighted by atomic mass is 16.3. The van der Waals surface area contributed by atoms with E-state index in [1.54, 1.807) is 0 Å². The van der Waals surface area contributed by atoms with Crippen LogP contribution in [0.1, 0.15) is 65.2 Å². The van der Waals surface area contributed by atoms with Gasteiger partial charge in [-0.05, 0) is 74.0 Å². The first kappa shape index (κ1) is 17.0. The van der Waals surface area contributed by atoms with E-state index in [0.29, 0.717) is 12.3 Å². The molecule has 0 radical (unpaired) electrons. The first-order valence-electron chi connectivity index (χ1n) is 9.71. The maximum Gasteiger partial charge on any atom is 0.128 e. The van der Waals surface area contributed by atoms with E-state index in [2.05, 4.69) is 6.92 Å². The van der Waals surface area contributed by atoms with Crippen molar-refractivity contribution in [3.63, 3.8) is 0 Å². The molecule has 0 amide bonds. The van der Waals surface area contributed by atoms with Crippen molar-refractivity contribution in [3.05, 3.63) is 0 Å². The van der Waals surface area contributed by atoms with Crippen LogP contribution in [-0.4, -0.2) is 40.4 Å². The summed E-state index contributed by atoms with van der Waals surface area (Å²) >= 11 is 0. The summed E-state index contributed by atoms with van der Waals surface area (Å²) in [6.07, 6.45) is 7.32. The number of hydrogen-bond acceptors (Lipinski definition) is 4. The normalized spacial score (nSPS) is 59.5. The van der Waals surface area contributed by atoms with E-state index in [4.69, 9.17) is 0 Å². The molecule has 0 unspecified atom stereocenters. The Morgan fingerprint density at radius 2 is 1.75 bits per heavy atom. The molecule has 5 saturated carbocycles. The first-order chi connectivity index (χ1) is 11.3. The Balaban J connectivity index is 1.78. The minimum Gasteiger partial charge on any atom is -0.396 e. The van der Waals surface area contributed by atoms with E-state index >= 15 is 0 Å². The highest BCUT2D eigenvalue weighted by molar-refractivity contribution is 5.61. The molecule has 5 rings (SSSR count). The Kier molecular flexibility index (Phi) is 3.57. The highest BCUT2D eigenvalue weighted by Crippen LogP contribution is 2.75. The van der Waals surface area contributed by atoms with Crippen LogP contribution in [0.3, 0.4) is 0 Å². The second-order valence-corrected chi connectivity index (χ2v) is 9.88. The molecule has 1 spiro atoms. The van der Waals surface area contributed by atoms with Crippen molar-refractivity contribution in [1.29, 1.82) is 0 Å². The molecule has 24 heavy (non-hydrogen) atoms. The van der Waals surface area contributed by atoms with Crippen LogP contribution in [0.25, 0.3) is 0 Å². The van der Waals surface area contributed by atoms with Gasteiger partial charge in [0.15, 0.2) is 0 Å². The molecule has 5 aliphatic rings. The van der Waals surface area contributed by atoms with Gasteiger partial charge in [-0.25, -0.2) is 0 Å². The van der Waals surface area contributed by atoms with Gasteiger partial charge in [0.1, 0.15) is 6.29 Å². The van der Waals surface area contributed by atoms with E-state index in [-0.39, 0.29) is 28.8 Å². The van der Waals surface area contributed by atoms with Crippen LogP contribution in [0.2, 0.25) is 0 Å². The van der Waals surface area contributed by atoms with Crippen LogP contribution >= 0.6 is 0 Å². The maximum atomic E-state index is 12.0. The van der Waals surface area contributed by atoms with Gasteiger partial charge in [0, 0.05) is 5.41 Å². The van der Waals surface area contributed by atoms with Gasteiger partial charge in [0.05, 0.1) is 24.2 Å². The Hall–Kier alpha value is -0.450. The molecule has 0 aromatic heterocycles. The predicted molar refractivity (Wildman–Crippen MR) is 90.2 cm³/mol. The lowest BCUT2D eigenvalue weighted by molar-refractivity contribution is -0.266. The second-order valence-electron chi connectivity index (χ2n) is 9.88. The van der Waals surface area contributed by atoms with Crippen LogP contribution in [0.4, 0.5) is 0 Å². The lowest BCUT2D eigenvalue weighted by Crippen LogP contribution is -2.69. The summed E-state index contributed by atoms with van der Waals surface area (Å²) in [6.45, 7) is 4.37. The molecule has 5 aliphatic carbocycles. The molecule has 0 saturated heterocycles. The molecule has 5 fully saturated rings. The topological polar surface area (TPSA) is 77.8 Å². The first-order valence-corrected chi connectivity index (χ1v) is 9.71. The Bertz CT molecular complexity index is 550. The number of aldehydes is 1. The molecule has 136 valence electrons. The number of fused-ring (bicyclic) bond motifs is 3. The standard InChI is InChI=1S/C20H32O4/c1-17(11-21)14-4-3-13-9-19(12-22)7-8-20(13,10-16(19)24)18(14,2)6-5-15(17)23/h11,13-16,22-24H,3-10,12H2,1-2H3/t13-,14-,15+,16-,17-,18-,19+,20-/m0/s1. The number of hydrogen-bond donors (Lipinski definition) is 3. The van der Waals surface area contributed by atoms with Crippen molar-refractivity contribution in [3.8, 4) is 0 Å². The Morgan fingerprint density at radius 3 is 2.38 bits per heavy atom. The van der Waals surface area contributed by atoms with E-state index in [1.807, 2.05) is 6.92 Å². The Morgan fingerprint density at radius 1 is 1.00 bits per heavy atom. The van der Waals surface area contributed by atoms with Crippen molar-refractivity contribution < 1.29 is 20.1 Å². The molecule has 2 bridgehead atoms. The summed E-state index contributed by atoms with van der Waals surface area (Å²) in [5.74, 6) is 0.726. The van der Waals surface area contributed by atoms with Gasteiger partial charge in [0.25, 0.3) is 0 Å². The van der Waals surface area contributed by atoms with E-state index in [9.17, 15) is 20.1 Å². The van der Waals surface area contributed by atoms with Gasteiger partial charge >= 0.3 is 0 Å². The van der Waals surface area contributed by atoms with Crippen molar-refractivity contribution in [1.82, 2.24) is 0 Å². The summed E-state index contributed by atoms with van der Waals surface area (Å²) < 4.78 is 0. The minimum absolute atomic E-state index is 0.00613. The third-order valence-corrected chi connectivity index (χ3v) is 9.45. The average molecular weight is 336 g/mol. The van der Waals surface area contributed by atoms with E-state index < -0.39 is 17.6 Å². The molecule has 4 heteroatoms. The average Bonchev–Trinajstić information content (AvgIpc) is 2.59. The monoisotopic (exact) mass is 336 g/mol. The number of aliphatic hydroxyl groups is 3. The summed E-state index contributed by atoms with van der Waals surface area (Å²) in [6, 6.07) is 0. The van der Waals surface area contributed by atoms with Gasteiger partial charge in [-0.15, -0.1) is 0 Å². The highest BCUT2D eigenvalue weighted by Gasteiger charge is 2.70. The summed E-state index contributed by atoms with van der Waals surface area (Å²) in [5, 5.41) is 31.3. The zero-order valence-electron chi connectivity index (χ0n) is 15.0. The summed E-state index contributed by atoms with van der Waals surface area (Å²) in [5.41, 5.74) is -0.900. The molecule has 0 heterocycles. The molecule has 3 N–H and O–H groups in total. The van der Waals surface area contributed by atoms with Crippen molar-refractivity contribution in [2.45, 2.75) is 77.4 Å². The van der Waals surface area contributed by atoms with Crippen LogP contribution in [0.15, 0.2) is 0 Å². The summed E-state index contributed by atoms with van der Waals surface area (Å²) in [7, 11) is 0. The van der Waals surface area contributed by atoms with Crippen molar-refractivity contribution in [2.75, 3.05) is 6.61 Å². The molecule has 0 aromatic rings. The van der Waals surface area contributed by atoms with E-state index in [1.165, 1.54) is 0 Å². The van der Waals surface area contributed by atoms with Crippen LogP contribution < -0.4 is 0 Å². The molecular formula is C20H32O4. The molecule has 0 aliphatic heterocycles. The fourth-order valence-electron chi connectivity index (χ4n) is 7.80. The third kappa shape index (κ3) is 1.73. The Labute approximate surface area is 144 Å². The third-order valence-electron chi connectivity index (χ3n) is 9.45. The maximum absolute atomic E-state index is 12.0. The molecule has 8 atom stereocenters. The van der Waals surface area contributed by atoms with Gasteiger partial charge < -0.3 is 20.1 Å². The van der Waals surface area contributed by atoms with Crippen LogP contribution in [0, 0.1) is 33.5 Å². The van der Waals surface area contributed by atoms with Gasteiger partial charge in [-0.3, -0.25) is 0 Å². The van der Waals surface area contributed by atoms with Crippen LogP contribution in [0.5, 0.6) is 0 Å². The smallest absolute Gasteiger partial charge is 0.128 e. The second kappa shape index (κ2) is 5.05. The van der Waals surface area contributed by atoms with Gasteiger partial charge in [-0.2, -0.15) is 0 Å². The number of carbonyl (C=O) groups excluding carboxylic acids is 1. The van der Waals surface area contributed by atoms with E-state index in [0.717, 1.165) is 51.2 Å². The van der Waals surface area contributed by atoms with Gasteiger partial charge in [0.2, 0.25) is 0 Å². The quantitative estimate of drug-likeness (QED) is 0.676. The fraction of sp³-hybridized carbons (Fsp3) is 0.950. The van der Waals surface area contributed by atoms with Crippen LogP contribution in [-0.2, 0) is 4.79 Å². The molecular weight excluding hydrogens is 304 g/mol. The minimum atomic E-state index is -0.666. The lowest BCUT2D eigenvalue weighted by Gasteiger charge is -2.72. The SMILES string of the molecule is C[C@@]1(C=O)[C@H](O)CC[C@@]2(C)[C@H]1CC[C@H]1C[C@@]3(CO)CC[C@]12C[C@@H]3O. The molecule has 4 nitrogen and oxygen atoms in total. The lowest BCUT2D eigenvalue weighted by atomic mass is 9.32. The fourth-order valence-corrected chi connectivity index (χ4v) is 7.80. The zero-order valence-corrected chi connectivity index (χ0v) is 15.0. The van der Waals surface area contributed by atoms with Gasteiger partial charge in [-0.1, -0.05) is 13.8 Å². The number of aliphatic hydroxyl groups excluding tert-OH is 3. The van der Waals surface area contributed by atoms with Crippen molar-refractivity contribution in [2.24, 2.45) is 33.5 Å². The largest absolute Gasteiger partial charge is 0.396 e. The molecule has 0 aromatic carbocycles. The predicted octanol–water partition coefficient (Wildman–Crippen LogP) is 2.29. The zero-order chi connectivity index (χ0) is 17.4. The number of rotatable bonds is 2.